The molecule has 1 saturated carbocycles. The first-order valence-electron chi connectivity index (χ1n) is 6.90. The normalized spacial score (nSPS) is 17.8. The van der Waals surface area contributed by atoms with Gasteiger partial charge in [-0.05, 0) is 47.0 Å². The van der Waals surface area contributed by atoms with Crippen LogP contribution in [0.5, 0.6) is 0 Å². The van der Waals surface area contributed by atoms with E-state index in [9.17, 15) is 14.3 Å². The summed E-state index contributed by atoms with van der Waals surface area (Å²) >= 11 is 3.25. The number of halogens is 2. The molecule has 1 amide bonds. The lowest BCUT2D eigenvalue weighted by Gasteiger charge is -2.35. The van der Waals surface area contributed by atoms with E-state index in [0.717, 1.165) is 25.7 Å². The Balaban J connectivity index is 2.02. The number of carbonyl (C=O) groups is 1. The molecule has 0 saturated heterocycles. The number of aliphatic hydroxyl groups is 1. The van der Waals surface area contributed by atoms with Crippen molar-refractivity contribution < 1.29 is 14.3 Å². The van der Waals surface area contributed by atoms with Crippen molar-refractivity contribution in [2.75, 3.05) is 13.2 Å². The van der Waals surface area contributed by atoms with Crippen LogP contribution in [-0.4, -0.2) is 24.2 Å². The minimum absolute atomic E-state index is 0.0810. The third-order valence-corrected chi connectivity index (χ3v) is 4.74. The summed E-state index contributed by atoms with van der Waals surface area (Å²) in [7, 11) is 0. The van der Waals surface area contributed by atoms with E-state index in [-0.39, 0.29) is 23.5 Å². The zero-order valence-corrected chi connectivity index (χ0v) is 12.9. The highest BCUT2D eigenvalue weighted by atomic mass is 79.9. The Hall–Kier alpha value is -0.940. The predicted octanol–water partition coefficient (Wildman–Crippen LogP) is 3.26. The summed E-state index contributed by atoms with van der Waals surface area (Å²) in [4.78, 5) is 12.1. The van der Waals surface area contributed by atoms with Crippen LogP contribution in [0.25, 0.3) is 0 Å². The van der Waals surface area contributed by atoms with Crippen LogP contribution < -0.4 is 5.32 Å². The van der Waals surface area contributed by atoms with Crippen molar-refractivity contribution in [2.24, 2.45) is 5.41 Å². The van der Waals surface area contributed by atoms with Gasteiger partial charge in [0.2, 0.25) is 0 Å². The number of benzene rings is 1. The van der Waals surface area contributed by atoms with Crippen LogP contribution in [0.4, 0.5) is 4.39 Å². The van der Waals surface area contributed by atoms with E-state index in [2.05, 4.69) is 21.2 Å². The molecule has 0 bridgehead atoms. The maximum Gasteiger partial charge on any atom is 0.252 e. The molecule has 0 spiro atoms. The highest BCUT2D eigenvalue weighted by molar-refractivity contribution is 9.10. The van der Waals surface area contributed by atoms with Crippen LogP contribution in [0.15, 0.2) is 22.7 Å². The number of hydrogen-bond donors (Lipinski definition) is 2. The number of hydrogen-bond acceptors (Lipinski definition) is 2. The monoisotopic (exact) mass is 343 g/mol. The topological polar surface area (TPSA) is 49.3 Å². The molecule has 0 atom stereocenters. The number of amides is 1. The van der Waals surface area contributed by atoms with E-state index >= 15 is 0 Å². The number of carbonyl (C=O) groups excluding carboxylic acids is 1. The van der Waals surface area contributed by atoms with E-state index in [1.54, 1.807) is 0 Å². The number of rotatable bonds is 4. The summed E-state index contributed by atoms with van der Waals surface area (Å²) in [5.41, 5.74) is 0.0714. The highest BCUT2D eigenvalue weighted by Gasteiger charge is 2.31. The minimum Gasteiger partial charge on any atom is -0.396 e. The molecule has 1 aliphatic rings. The molecule has 110 valence electrons. The molecule has 0 aliphatic heterocycles. The third kappa shape index (κ3) is 3.58. The first-order valence-corrected chi connectivity index (χ1v) is 7.70. The SMILES string of the molecule is O=C(NCC1(CO)CCCCC1)c1cc(F)ccc1Br. The van der Waals surface area contributed by atoms with Gasteiger partial charge in [0, 0.05) is 16.4 Å². The second-order valence-corrected chi connectivity index (χ2v) is 6.38. The van der Waals surface area contributed by atoms with Crippen LogP contribution in [0.1, 0.15) is 42.5 Å². The van der Waals surface area contributed by atoms with Crippen LogP contribution in [0.2, 0.25) is 0 Å². The lowest BCUT2D eigenvalue weighted by molar-refractivity contribution is 0.0717. The Morgan fingerprint density at radius 3 is 2.70 bits per heavy atom. The lowest BCUT2D eigenvalue weighted by atomic mass is 9.74. The van der Waals surface area contributed by atoms with Gasteiger partial charge in [-0.1, -0.05) is 19.3 Å². The van der Waals surface area contributed by atoms with Crippen LogP contribution in [-0.2, 0) is 0 Å². The Morgan fingerprint density at radius 1 is 1.35 bits per heavy atom. The maximum atomic E-state index is 13.2. The maximum absolute atomic E-state index is 13.2. The molecule has 0 radical (unpaired) electrons. The van der Waals surface area contributed by atoms with Gasteiger partial charge in [0.15, 0.2) is 0 Å². The van der Waals surface area contributed by atoms with E-state index in [4.69, 9.17) is 0 Å². The second-order valence-electron chi connectivity index (χ2n) is 5.53. The average Bonchev–Trinajstić information content (AvgIpc) is 2.48. The van der Waals surface area contributed by atoms with Gasteiger partial charge in [0.05, 0.1) is 12.2 Å². The van der Waals surface area contributed by atoms with E-state index < -0.39 is 5.82 Å². The van der Waals surface area contributed by atoms with Crippen molar-refractivity contribution in [1.29, 1.82) is 0 Å². The zero-order valence-electron chi connectivity index (χ0n) is 11.3. The molecule has 1 aromatic carbocycles. The standard InChI is InChI=1S/C15H19BrFNO2/c16-13-5-4-11(17)8-12(13)14(20)18-9-15(10-19)6-2-1-3-7-15/h4-5,8,19H,1-3,6-7,9-10H2,(H,18,20). The van der Waals surface area contributed by atoms with Crippen LogP contribution in [0.3, 0.4) is 0 Å². The van der Waals surface area contributed by atoms with Gasteiger partial charge in [-0.2, -0.15) is 0 Å². The van der Waals surface area contributed by atoms with Crippen LogP contribution >= 0.6 is 15.9 Å². The third-order valence-electron chi connectivity index (χ3n) is 4.05. The smallest absolute Gasteiger partial charge is 0.252 e. The molecule has 0 aromatic heterocycles. The van der Waals surface area contributed by atoms with E-state index in [0.29, 0.717) is 11.0 Å². The summed E-state index contributed by atoms with van der Waals surface area (Å²) < 4.78 is 13.8. The van der Waals surface area contributed by atoms with Gasteiger partial charge in [0.25, 0.3) is 5.91 Å². The minimum atomic E-state index is -0.437. The van der Waals surface area contributed by atoms with Gasteiger partial charge in [0.1, 0.15) is 5.82 Å². The van der Waals surface area contributed by atoms with Gasteiger partial charge in [-0.3, -0.25) is 4.79 Å². The van der Waals surface area contributed by atoms with E-state index in [1.807, 2.05) is 0 Å². The Labute approximate surface area is 126 Å². The predicted molar refractivity (Wildman–Crippen MR) is 79.0 cm³/mol. The molecule has 3 nitrogen and oxygen atoms in total. The zero-order chi connectivity index (χ0) is 14.6. The molecule has 2 N–H and O–H groups in total. The summed E-state index contributed by atoms with van der Waals surface area (Å²) in [6, 6.07) is 4.04. The molecular weight excluding hydrogens is 325 g/mol. The summed E-state index contributed by atoms with van der Waals surface area (Å²) in [6.07, 6.45) is 5.20. The molecule has 5 heteroatoms. The largest absolute Gasteiger partial charge is 0.396 e. The number of nitrogens with one attached hydrogen (secondary N) is 1. The molecule has 0 heterocycles. The van der Waals surface area contributed by atoms with Crippen molar-refractivity contribution in [3.63, 3.8) is 0 Å². The molecular formula is C15H19BrFNO2. The van der Waals surface area contributed by atoms with Crippen molar-refractivity contribution in [3.05, 3.63) is 34.1 Å². The highest BCUT2D eigenvalue weighted by Crippen LogP contribution is 2.35. The average molecular weight is 344 g/mol. The first-order chi connectivity index (χ1) is 9.56. The molecule has 1 aliphatic carbocycles. The van der Waals surface area contributed by atoms with Gasteiger partial charge >= 0.3 is 0 Å². The summed E-state index contributed by atoms with van der Waals surface area (Å²) in [5, 5.41) is 12.4. The Kier molecular flexibility index (Phi) is 5.16. The fourth-order valence-electron chi connectivity index (χ4n) is 2.73. The second kappa shape index (κ2) is 6.68. The van der Waals surface area contributed by atoms with Gasteiger partial charge in [-0.25, -0.2) is 4.39 Å². The molecule has 1 fully saturated rings. The lowest BCUT2D eigenvalue weighted by Crippen LogP contribution is -2.41. The fraction of sp³-hybridized carbons (Fsp3) is 0.533. The van der Waals surface area contributed by atoms with Crippen molar-refractivity contribution >= 4 is 21.8 Å². The Morgan fingerprint density at radius 2 is 2.05 bits per heavy atom. The van der Waals surface area contributed by atoms with Gasteiger partial charge in [-0.15, -0.1) is 0 Å². The molecule has 1 aromatic rings. The van der Waals surface area contributed by atoms with Crippen molar-refractivity contribution in [3.8, 4) is 0 Å². The molecule has 0 unspecified atom stereocenters. The fourth-order valence-corrected chi connectivity index (χ4v) is 3.15. The Bertz CT molecular complexity index is 487. The van der Waals surface area contributed by atoms with Gasteiger partial charge < -0.3 is 10.4 Å². The summed E-state index contributed by atoms with van der Waals surface area (Å²) in [5.74, 6) is -0.748. The van der Waals surface area contributed by atoms with E-state index in [1.165, 1.54) is 24.6 Å². The quantitative estimate of drug-likeness (QED) is 0.881. The number of aliphatic hydroxyl groups excluding tert-OH is 1. The molecule has 20 heavy (non-hydrogen) atoms. The molecule has 2 rings (SSSR count). The van der Waals surface area contributed by atoms with Crippen LogP contribution in [0, 0.1) is 11.2 Å². The van der Waals surface area contributed by atoms with Crippen molar-refractivity contribution in [1.82, 2.24) is 5.32 Å². The first kappa shape index (κ1) is 15.4. The van der Waals surface area contributed by atoms with Crippen molar-refractivity contribution in [2.45, 2.75) is 32.1 Å². The summed E-state index contributed by atoms with van der Waals surface area (Å²) in [6.45, 7) is 0.517.